The fourth-order valence-corrected chi connectivity index (χ4v) is 8.89. The smallest absolute Gasteiger partial charge is 0.265 e. The van der Waals surface area contributed by atoms with Gasteiger partial charge in [0.2, 0.25) is 0 Å². The van der Waals surface area contributed by atoms with Crippen molar-refractivity contribution in [2.75, 3.05) is 5.75 Å². The van der Waals surface area contributed by atoms with E-state index in [4.69, 9.17) is 4.55 Å². The molecular weight excluding hydrogens is 578 g/mol. The maximum Gasteiger partial charge on any atom is 0.265 e. The van der Waals surface area contributed by atoms with E-state index in [1.54, 1.807) is 0 Å². The zero-order valence-corrected chi connectivity index (χ0v) is 27.5. The predicted octanol–water partition coefficient (Wildman–Crippen LogP) is 9.36. The minimum absolute atomic E-state index is 0.0152. The standard InChI is InChI=1S/C29H25N.C10H16O4S/c1-19-7-13-22(14-8-19)25-5-4-6-26-28(25)27(23-15-9-20(2)10-16-23)29(30-26)24-17-11-21(3)12-18-24;1-9(2)7-3-4-10(9,8(11)5-7)6-15(12,13)14/h4-18,30H,1-3H3;7H,3-6H2,1-2H3,(H,12,13,14). The minimum atomic E-state index is -4.08. The van der Waals surface area contributed by atoms with Crippen molar-refractivity contribution in [3.8, 4) is 33.5 Å². The Labute approximate surface area is 266 Å². The Morgan fingerprint density at radius 3 is 1.80 bits per heavy atom. The van der Waals surface area contributed by atoms with Crippen molar-refractivity contribution in [3.63, 3.8) is 0 Å². The number of fused-ring (bicyclic) bond motifs is 3. The molecule has 5 nitrogen and oxygen atoms in total. The Morgan fingerprint density at radius 2 is 1.31 bits per heavy atom. The van der Waals surface area contributed by atoms with Gasteiger partial charge in [0.25, 0.3) is 10.1 Å². The fraction of sp³-hybridized carbons (Fsp3) is 0.308. The molecule has 0 spiro atoms. The summed E-state index contributed by atoms with van der Waals surface area (Å²) in [7, 11) is -4.08. The molecule has 2 aliphatic carbocycles. The van der Waals surface area contributed by atoms with Crippen molar-refractivity contribution in [1.82, 2.24) is 4.98 Å². The molecule has 0 aliphatic heterocycles. The van der Waals surface area contributed by atoms with E-state index in [1.807, 2.05) is 13.8 Å². The van der Waals surface area contributed by atoms with Gasteiger partial charge in [-0.25, -0.2) is 0 Å². The van der Waals surface area contributed by atoms with Crippen molar-refractivity contribution in [3.05, 3.63) is 108 Å². The van der Waals surface area contributed by atoms with Crippen molar-refractivity contribution < 1.29 is 17.8 Å². The van der Waals surface area contributed by atoms with Gasteiger partial charge >= 0.3 is 0 Å². The molecule has 45 heavy (non-hydrogen) atoms. The minimum Gasteiger partial charge on any atom is -0.354 e. The first-order chi connectivity index (χ1) is 21.3. The van der Waals surface area contributed by atoms with Gasteiger partial charge in [0.15, 0.2) is 0 Å². The zero-order valence-electron chi connectivity index (χ0n) is 26.6. The van der Waals surface area contributed by atoms with E-state index < -0.39 is 21.3 Å². The van der Waals surface area contributed by atoms with E-state index in [9.17, 15) is 13.2 Å². The number of benzene rings is 4. The second kappa shape index (κ2) is 11.4. The lowest BCUT2D eigenvalue weighted by Crippen LogP contribution is -2.42. The summed E-state index contributed by atoms with van der Waals surface area (Å²) < 4.78 is 31.0. The van der Waals surface area contributed by atoms with E-state index in [0.717, 1.165) is 6.42 Å². The largest absolute Gasteiger partial charge is 0.354 e. The molecule has 2 aliphatic rings. The van der Waals surface area contributed by atoms with Crippen LogP contribution in [0.5, 0.6) is 0 Å². The van der Waals surface area contributed by atoms with Crippen molar-refractivity contribution in [2.24, 2.45) is 16.7 Å². The summed E-state index contributed by atoms with van der Waals surface area (Å²) in [4.78, 5) is 15.6. The number of aromatic nitrogens is 1. The van der Waals surface area contributed by atoms with Crippen LogP contribution in [0.3, 0.4) is 0 Å². The zero-order chi connectivity index (χ0) is 32.1. The lowest BCUT2D eigenvalue weighted by atomic mass is 9.70. The summed E-state index contributed by atoms with van der Waals surface area (Å²) in [6.45, 7) is 10.3. The van der Waals surface area contributed by atoms with Gasteiger partial charge in [0.1, 0.15) is 5.78 Å². The van der Waals surface area contributed by atoms with Crippen LogP contribution >= 0.6 is 0 Å². The van der Waals surface area contributed by atoms with Crippen LogP contribution in [0.25, 0.3) is 44.4 Å². The molecule has 2 N–H and O–H groups in total. The first-order valence-corrected chi connectivity index (χ1v) is 17.2. The summed E-state index contributed by atoms with van der Waals surface area (Å²) in [5.74, 6) is -0.101. The van der Waals surface area contributed by atoms with Crippen LogP contribution in [0, 0.1) is 37.5 Å². The fourth-order valence-electron chi connectivity index (χ4n) is 7.59. The summed E-state index contributed by atoms with van der Waals surface area (Å²) >= 11 is 0. The van der Waals surface area contributed by atoms with Gasteiger partial charge in [-0.1, -0.05) is 115 Å². The van der Waals surface area contributed by atoms with Gasteiger partial charge in [0.05, 0.1) is 16.9 Å². The van der Waals surface area contributed by atoms with Crippen LogP contribution in [0.4, 0.5) is 0 Å². The van der Waals surface area contributed by atoms with Crippen molar-refractivity contribution in [1.29, 1.82) is 0 Å². The molecule has 2 saturated carbocycles. The Morgan fingerprint density at radius 1 is 0.778 bits per heavy atom. The highest BCUT2D eigenvalue weighted by molar-refractivity contribution is 7.85. The van der Waals surface area contributed by atoms with Gasteiger partial charge in [-0.05, 0) is 73.3 Å². The maximum atomic E-state index is 11.9. The summed E-state index contributed by atoms with van der Waals surface area (Å²) in [5.41, 5.74) is 11.3. The van der Waals surface area contributed by atoms with Crippen molar-refractivity contribution >= 4 is 26.8 Å². The van der Waals surface area contributed by atoms with Crippen LogP contribution < -0.4 is 0 Å². The second-order valence-corrected chi connectivity index (χ2v) is 15.0. The van der Waals surface area contributed by atoms with E-state index in [-0.39, 0.29) is 17.1 Å². The summed E-state index contributed by atoms with van der Waals surface area (Å²) in [5, 5.41) is 1.28. The van der Waals surface area contributed by atoms with Crippen LogP contribution in [0.1, 0.15) is 49.8 Å². The number of H-pyrrole nitrogens is 1. The Kier molecular flexibility index (Phi) is 7.87. The number of carbonyl (C=O) groups excluding carboxylic acids is 1. The van der Waals surface area contributed by atoms with Crippen LogP contribution in [0.2, 0.25) is 0 Å². The highest BCUT2D eigenvalue weighted by Gasteiger charge is 2.65. The molecule has 6 heteroatoms. The topological polar surface area (TPSA) is 87.2 Å². The number of hydrogen-bond acceptors (Lipinski definition) is 3. The number of ketones is 1. The van der Waals surface area contributed by atoms with Gasteiger partial charge in [-0.3, -0.25) is 9.35 Å². The third-order valence-corrected chi connectivity index (χ3v) is 11.3. The number of aromatic amines is 1. The number of rotatable bonds is 5. The van der Waals surface area contributed by atoms with Crippen LogP contribution in [-0.4, -0.2) is 29.5 Å². The van der Waals surface area contributed by atoms with Gasteiger partial charge in [-0.15, -0.1) is 0 Å². The SMILES string of the molecule is CC1(C)C2CCC1(CS(=O)(=O)O)C(=O)C2.Cc1ccc(-c2[nH]c3cccc(-c4ccc(C)cc4)c3c2-c2ccc(C)cc2)cc1. The lowest BCUT2D eigenvalue weighted by molar-refractivity contribution is -0.128. The maximum absolute atomic E-state index is 11.9. The molecule has 4 aromatic carbocycles. The molecule has 7 rings (SSSR count). The molecular formula is C39H41NO4S. The quantitative estimate of drug-likeness (QED) is 0.192. The van der Waals surface area contributed by atoms with E-state index in [2.05, 4.69) is 117 Å². The molecule has 2 atom stereocenters. The molecule has 1 aromatic heterocycles. The third kappa shape index (κ3) is 5.66. The lowest BCUT2D eigenvalue weighted by Gasteiger charge is -2.35. The molecule has 2 fully saturated rings. The molecule has 232 valence electrons. The van der Waals surface area contributed by atoms with E-state index >= 15 is 0 Å². The van der Waals surface area contributed by atoms with E-state index in [1.165, 1.54) is 61.1 Å². The number of carbonyl (C=O) groups is 1. The number of aryl methyl sites for hydroxylation is 3. The van der Waals surface area contributed by atoms with Crippen LogP contribution in [0.15, 0.2) is 91.0 Å². The predicted molar refractivity (Wildman–Crippen MR) is 184 cm³/mol. The Hall–Kier alpha value is -4.00. The van der Waals surface area contributed by atoms with Gasteiger partial charge in [0, 0.05) is 22.9 Å². The average Bonchev–Trinajstić information content (AvgIpc) is 3.55. The number of nitrogens with one attached hydrogen (secondary N) is 1. The molecule has 5 aromatic rings. The summed E-state index contributed by atoms with van der Waals surface area (Å²) in [6, 6.07) is 33.0. The highest BCUT2D eigenvalue weighted by Crippen LogP contribution is 2.64. The summed E-state index contributed by atoms with van der Waals surface area (Å²) in [6.07, 6.45) is 1.97. The Balaban J connectivity index is 0.000000200. The van der Waals surface area contributed by atoms with Gasteiger partial charge in [-0.2, -0.15) is 8.42 Å². The average molecular weight is 620 g/mol. The normalized spacial score (nSPS) is 20.3. The number of Topliss-reactive ketones (excluding diaryl/α,β-unsaturated/α-hetero) is 1. The number of hydrogen-bond donors (Lipinski definition) is 2. The first-order valence-electron chi connectivity index (χ1n) is 15.6. The van der Waals surface area contributed by atoms with Crippen molar-refractivity contribution in [2.45, 2.75) is 53.9 Å². The highest BCUT2D eigenvalue weighted by atomic mass is 32.2. The molecule has 2 bridgehead atoms. The van der Waals surface area contributed by atoms with Gasteiger partial charge < -0.3 is 4.98 Å². The second-order valence-electron chi connectivity index (χ2n) is 13.6. The third-order valence-electron chi connectivity index (χ3n) is 10.4. The first kappa shape index (κ1) is 31.0. The monoisotopic (exact) mass is 619 g/mol. The molecule has 0 saturated heterocycles. The molecule has 0 radical (unpaired) electrons. The van der Waals surface area contributed by atoms with Crippen LogP contribution in [-0.2, 0) is 14.9 Å². The molecule has 2 unspecified atom stereocenters. The Bertz CT molecular complexity index is 1990. The van der Waals surface area contributed by atoms with E-state index in [0.29, 0.717) is 12.8 Å². The molecule has 0 amide bonds. The molecule has 1 heterocycles.